The Labute approximate surface area is 158 Å². The number of hydrogen-bond acceptors (Lipinski definition) is 4. The Morgan fingerprint density at radius 1 is 1.25 bits per heavy atom. The van der Waals surface area contributed by atoms with E-state index in [1.807, 2.05) is 11.4 Å². The molecule has 1 aromatic heterocycles. The monoisotopic (exact) mass is 393 g/mol. The van der Waals surface area contributed by atoms with Crippen LogP contribution in [0.2, 0.25) is 0 Å². The van der Waals surface area contributed by atoms with E-state index < -0.39 is 0 Å². The van der Waals surface area contributed by atoms with Crippen LogP contribution >= 0.6 is 36.2 Å². The Bertz CT molecular complexity index is 625. The van der Waals surface area contributed by atoms with Crippen molar-refractivity contribution < 1.29 is 9.18 Å². The second-order valence-corrected chi connectivity index (χ2v) is 5.79. The van der Waals surface area contributed by atoms with Crippen LogP contribution in [0.4, 0.5) is 4.39 Å². The van der Waals surface area contributed by atoms with Crippen molar-refractivity contribution in [3.05, 3.63) is 41.2 Å². The van der Waals surface area contributed by atoms with Gasteiger partial charge in [-0.05, 0) is 25.1 Å². The van der Waals surface area contributed by atoms with Crippen LogP contribution in [-0.4, -0.2) is 30.5 Å². The van der Waals surface area contributed by atoms with E-state index in [9.17, 15) is 9.18 Å². The van der Waals surface area contributed by atoms with Crippen LogP contribution in [0.1, 0.15) is 19.0 Å². The summed E-state index contributed by atoms with van der Waals surface area (Å²) in [5, 5.41) is 8.64. The zero-order chi connectivity index (χ0) is 15.8. The second-order valence-electron chi connectivity index (χ2n) is 4.93. The summed E-state index contributed by atoms with van der Waals surface area (Å²) in [4.78, 5) is 16.2. The summed E-state index contributed by atoms with van der Waals surface area (Å²) in [5.74, 6) is -0.332. The molecule has 0 bridgehead atoms. The highest BCUT2D eigenvalue weighted by atomic mass is 35.5. The summed E-state index contributed by atoms with van der Waals surface area (Å²) < 4.78 is 13.2. The number of hydrogen-bond donors (Lipinski definition) is 2. The predicted octanol–water partition coefficient (Wildman–Crippen LogP) is 3.45. The summed E-state index contributed by atoms with van der Waals surface area (Å²) in [6.45, 7) is 4.44. The molecule has 2 aromatic rings. The largest absolute Gasteiger partial charge is 0.354 e. The third kappa shape index (κ3) is 7.57. The molecule has 0 spiro atoms. The van der Waals surface area contributed by atoms with Crippen LogP contribution in [0.15, 0.2) is 29.6 Å². The van der Waals surface area contributed by atoms with E-state index in [0.717, 1.165) is 30.1 Å². The van der Waals surface area contributed by atoms with Crippen molar-refractivity contribution in [2.75, 3.05) is 19.6 Å². The normalized spacial score (nSPS) is 9.75. The maximum Gasteiger partial charge on any atom is 0.226 e. The minimum Gasteiger partial charge on any atom is -0.354 e. The Hall–Kier alpha value is -1.21. The van der Waals surface area contributed by atoms with Gasteiger partial charge >= 0.3 is 0 Å². The van der Waals surface area contributed by atoms with Gasteiger partial charge in [0.1, 0.15) is 10.8 Å². The Morgan fingerprint density at radius 3 is 2.75 bits per heavy atom. The van der Waals surface area contributed by atoms with Gasteiger partial charge in [0.05, 0.1) is 12.1 Å². The molecule has 1 amide bonds. The van der Waals surface area contributed by atoms with Gasteiger partial charge in [0, 0.05) is 24.0 Å². The summed E-state index contributed by atoms with van der Waals surface area (Å²) in [6, 6.07) is 6.31. The van der Waals surface area contributed by atoms with Gasteiger partial charge in [0.2, 0.25) is 5.91 Å². The van der Waals surface area contributed by atoms with Crippen molar-refractivity contribution in [2.24, 2.45) is 0 Å². The van der Waals surface area contributed by atoms with Crippen molar-refractivity contribution in [3.63, 3.8) is 0 Å². The van der Waals surface area contributed by atoms with Crippen LogP contribution in [0.3, 0.4) is 0 Å². The number of carbonyl (C=O) groups is 1. The first-order chi connectivity index (χ1) is 10.7. The molecular formula is C16H22Cl2FN3OS. The topological polar surface area (TPSA) is 54.0 Å². The molecule has 0 aliphatic rings. The standard InChI is InChI=1S/C16H20FN3OS.2ClH/c1-2-6-18-7-8-19-15(21)10-14-11-22-16(20-14)12-4-3-5-13(17)9-12;;/h3-5,9,11,18H,2,6-8,10H2,1H3,(H,19,21);2*1H. The van der Waals surface area contributed by atoms with E-state index in [4.69, 9.17) is 0 Å². The number of halogens is 3. The number of benzene rings is 1. The average Bonchev–Trinajstić information content (AvgIpc) is 2.95. The quantitative estimate of drug-likeness (QED) is 0.675. The fourth-order valence-corrected chi connectivity index (χ4v) is 2.78. The molecule has 1 heterocycles. The summed E-state index contributed by atoms with van der Waals surface area (Å²) in [6.07, 6.45) is 1.33. The first-order valence-corrected chi connectivity index (χ1v) is 8.24. The van der Waals surface area contributed by atoms with Gasteiger partial charge in [-0.2, -0.15) is 0 Å². The molecule has 134 valence electrons. The van der Waals surface area contributed by atoms with Crippen LogP contribution in [0.25, 0.3) is 10.6 Å². The zero-order valence-corrected chi connectivity index (χ0v) is 15.8. The molecule has 0 aliphatic carbocycles. The number of aromatic nitrogens is 1. The summed E-state index contributed by atoms with van der Waals surface area (Å²) >= 11 is 1.42. The molecule has 2 rings (SSSR count). The molecule has 8 heteroatoms. The molecular weight excluding hydrogens is 372 g/mol. The third-order valence-electron chi connectivity index (χ3n) is 3.02. The average molecular weight is 394 g/mol. The molecule has 4 nitrogen and oxygen atoms in total. The predicted molar refractivity (Wildman–Crippen MR) is 102 cm³/mol. The van der Waals surface area contributed by atoms with Crippen molar-refractivity contribution in [2.45, 2.75) is 19.8 Å². The van der Waals surface area contributed by atoms with Crippen molar-refractivity contribution >= 4 is 42.1 Å². The van der Waals surface area contributed by atoms with Crippen molar-refractivity contribution in [1.29, 1.82) is 0 Å². The Morgan fingerprint density at radius 2 is 2.04 bits per heavy atom. The number of thiazole rings is 1. The first kappa shape index (κ1) is 22.8. The molecule has 0 fully saturated rings. The maximum absolute atomic E-state index is 13.2. The van der Waals surface area contributed by atoms with E-state index >= 15 is 0 Å². The minimum atomic E-state index is -0.286. The molecule has 0 saturated heterocycles. The van der Waals surface area contributed by atoms with Gasteiger partial charge < -0.3 is 10.6 Å². The maximum atomic E-state index is 13.2. The lowest BCUT2D eigenvalue weighted by molar-refractivity contribution is -0.120. The zero-order valence-electron chi connectivity index (χ0n) is 13.4. The molecule has 0 aliphatic heterocycles. The number of rotatable bonds is 8. The molecule has 0 saturated carbocycles. The smallest absolute Gasteiger partial charge is 0.226 e. The van der Waals surface area contributed by atoms with Crippen LogP contribution in [0.5, 0.6) is 0 Å². The lowest BCUT2D eigenvalue weighted by atomic mass is 10.2. The van der Waals surface area contributed by atoms with Crippen LogP contribution in [0, 0.1) is 5.82 Å². The Kier molecular flexibility index (Phi) is 11.6. The van der Waals surface area contributed by atoms with Gasteiger partial charge in [-0.3, -0.25) is 4.79 Å². The fourth-order valence-electron chi connectivity index (χ4n) is 1.96. The number of carbonyl (C=O) groups excluding carboxylic acids is 1. The molecule has 0 radical (unpaired) electrons. The fraction of sp³-hybridized carbons (Fsp3) is 0.375. The molecule has 1 aromatic carbocycles. The van der Waals surface area contributed by atoms with E-state index in [0.29, 0.717) is 12.2 Å². The van der Waals surface area contributed by atoms with Gasteiger partial charge in [-0.1, -0.05) is 19.1 Å². The van der Waals surface area contributed by atoms with E-state index in [1.165, 1.54) is 23.5 Å². The SMILES string of the molecule is CCCNCCNC(=O)Cc1csc(-c2cccc(F)c2)n1.Cl.Cl. The van der Waals surface area contributed by atoms with Crippen LogP contribution in [-0.2, 0) is 11.2 Å². The summed E-state index contributed by atoms with van der Waals surface area (Å²) in [7, 11) is 0. The van der Waals surface area contributed by atoms with Gasteiger partial charge in [0.15, 0.2) is 0 Å². The lowest BCUT2D eigenvalue weighted by Crippen LogP contribution is -2.33. The highest BCUT2D eigenvalue weighted by Gasteiger charge is 2.09. The van der Waals surface area contributed by atoms with Gasteiger partial charge in [-0.15, -0.1) is 36.2 Å². The van der Waals surface area contributed by atoms with Gasteiger partial charge in [0.25, 0.3) is 0 Å². The number of nitrogens with zero attached hydrogens (tertiary/aromatic N) is 1. The van der Waals surface area contributed by atoms with Crippen molar-refractivity contribution in [3.8, 4) is 10.6 Å². The molecule has 0 unspecified atom stereocenters. The van der Waals surface area contributed by atoms with Gasteiger partial charge in [-0.25, -0.2) is 9.37 Å². The lowest BCUT2D eigenvalue weighted by Gasteiger charge is -2.05. The highest BCUT2D eigenvalue weighted by Crippen LogP contribution is 2.24. The first-order valence-electron chi connectivity index (χ1n) is 7.37. The van der Waals surface area contributed by atoms with Crippen molar-refractivity contribution in [1.82, 2.24) is 15.6 Å². The van der Waals surface area contributed by atoms with E-state index in [1.54, 1.807) is 6.07 Å². The Balaban J connectivity index is 0.00000264. The van der Waals surface area contributed by atoms with E-state index in [2.05, 4.69) is 22.5 Å². The second kappa shape index (κ2) is 12.2. The number of nitrogens with one attached hydrogen (secondary N) is 2. The minimum absolute atomic E-state index is 0. The third-order valence-corrected chi connectivity index (χ3v) is 3.96. The van der Waals surface area contributed by atoms with Crippen LogP contribution < -0.4 is 10.6 Å². The molecule has 24 heavy (non-hydrogen) atoms. The molecule has 0 atom stereocenters. The summed E-state index contributed by atoms with van der Waals surface area (Å²) in [5.41, 5.74) is 1.45. The number of amides is 1. The molecule has 2 N–H and O–H groups in total. The highest BCUT2D eigenvalue weighted by molar-refractivity contribution is 7.13. The van der Waals surface area contributed by atoms with E-state index in [-0.39, 0.29) is 43.0 Å².